The van der Waals surface area contributed by atoms with E-state index in [9.17, 15) is 0 Å². The SMILES string of the molecule is CC(C)[C@@H]1C[C@H]2C[C@@H]([C@H]1C)C2(C)C. The molecule has 0 unspecified atom stereocenters. The summed E-state index contributed by atoms with van der Waals surface area (Å²) >= 11 is 0. The Hall–Kier alpha value is 0. The summed E-state index contributed by atoms with van der Waals surface area (Å²) in [5, 5.41) is 0. The van der Waals surface area contributed by atoms with E-state index in [1.165, 1.54) is 12.8 Å². The molecule has 76 valence electrons. The molecule has 3 aliphatic rings. The Labute approximate surface area is 83.1 Å². The van der Waals surface area contributed by atoms with Crippen molar-refractivity contribution < 1.29 is 0 Å². The number of hydrogen-bond donors (Lipinski definition) is 0. The average molecular weight is 180 g/mol. The molecule has 4 atom stereocenters. The fourth-order valence-electron chi connectivity index (χ4n) is 4.07. The van der Waals surface area contributed by atoms with Crippen LogP contribution in [0.3, 0.4) is 0 Å². The van der Waals surface area contributed by atoms with Crippen LogP contribution >= 0.6 is 0 Å². The van der Waals surface area contributed by atoms with E-state index < -0.39 is 0 Å². The molecule has 0 radical (unpaired) electrons. The van der Waals surface area contributed by atoms with Crippen LogP contribution in [0.15, 0.2) is 0 Å². The summed E-state index contributed by atoms with van der Waals surface area (Å²) in [5.74, 6) is 4.95. The summed E-state index contributed by atoms with van der Waals surface area (Å²) < 4.78 is 0. The molecule has 13 heavy (non-hydrogen) atoms. The van der Waals surface area contributed by atoms with Crippen LogP contribution in [0.5, 0.6) is 0 Å². The van der Waals surface area contributed by atoms with Gasteiger partial charge in [-0.1, -0.05) is 34.6 Å². The fourth-order valence-corrected chi connectivity index (χ4v) is 4.07. The summed E-state index contributed by atoms with van der Waals surface area (Å²) in [5.41, 5.74) is 0.671. The molecule has 0 aromatic heterocycles. The summed E-state index contributed by atoms with van der Waals surface area (Å²) in [7, 11) is 0. The summed E-state index contributed by atoms with van der Waals surface area (Å²) in [6, 6.07) is 0. The van der Waals surface area contributed by atoms with E-state index in [-0.39, 0.29) is 0 Å². The van der Waals surface area contributed by atoms with Crippen molar-refractivity contribution in [3.05, 3.63) is 0 Å². The van der Waals surface area contributed by atoms with Crippen LogP contribution < -0.4 is 0 Å². The van der Waals surface area contributed by atoms with Crippen LogP contribution in [0.1, 0.15) is 47.5 Å². The van der Waals surface area contributed by atoms with Gasteiger partial charge in [-0.15, -0.1) is 0 Å². The van der Waals surface area contributed by atoms with Crippen molar-refractivity contribution in [1.29, 1.82) is 0 Å². The Morgan fingerprint density at radius 3 is 2.15 bits per heavy atom. The average Bonchev–Trinajstić information content (AvgIpc) is 2.02. The molecule has 0 spiro atoms. The van der Waals surface area contributed by atoms with Crippen molar-refractivity contribution >= 4 is 0 Å². The van der Waals surface area contributed by atoms with E-state index in [1.54, 1.807) is 0 Å². The van der Waals surface area contributed by atoms with Gasteiger partial charge in [-0.3, -0.25) is 0 Å². The van der Waals surface area contributed by atoms with E-state index in [0.29, 0.717) is 5.41 Å². The first-order chi connectivity index (χ1) is 5.94. The summed E-state index contributed by atoms with van der Waals surface area (Å²) in [4.78, 5) is 0. The third kappa shape index (κ3) is 1.17. The van der Waals surface area contributed by atoms with Gasteiger partial charge < -0.3 is 0 Å². The van der Waals surface area contributed by atoms with Gasteiger partial charge in [0.2, 0.25) is 0 Å². The Morgan fingerprint density at radius 2 is 1.77 bits per heavy atom. The highest BCUT2D eigenvalue weighted by Crippen LogP contribution is 2.63. The van der Waals surface area contributed by atoms with Gasteiger partial charge in [-0.25, -0.2) is 0 Å². The van der Waals surface area contributed by atoms with Crippen LogP contribution in [0.2, 0.25) is 0 Å². The Kier molecular flexibility index (Phi) is 2.02. The van der Waals surface area contributed by atoms with Crippen molar-refractivity contribution in [3.8, 4) is 0 Å². The normalized spacial score (nSPS) is 47.5. The summed E-state index contributed by atoms with van der Waals surface area (Å²) in [6.07, 6.45) is 3.03. The van der Waals surface area contributed by atoms with Crippen LogP contribution in [-0.4, -0.2) is 0 Å². The first-order valence-corrected chi connectivity index (χ1v) is 5.94. The molecule has 3 fully saturated rings. The summed E-state index contributed by atoms with van der Waals surface area (Å²) in [6.45, 7) is 12.3. The smallest absolute Gasteiger partial charge is 0.0295 e. The lowest BCUT2D eigenvalue weighted by Crippen LogP contribution is -2.55. The third-order valence-corrected chi connectivity index (χ3v) is 5.27. The maximum atomic E-state index is 2.49. The molecule has 2 bridgehead atoms. The van der Waals surface area contributed by atoms with Gasteiger partial charge in [0, 0.05) is 0 Å². The van der Waals surface area contributed by atoms with E-state index in [4.69, 9.17) is 0 Å². The van der Waals surface area contributed by atoms with Crippen LogP contribution in [0, 0.1) is 35.0 Å². The second-order valence-electron chi connectivity index (χ2n) is 6.36. The fraction of sp³-hybridized carbons (Fsp3) is 1.00. The molecule has 0 aromatic carbocycles. The molecule has 0 saturated heterocycles. The lowest BCUT2D eigenvalue weighted by Gasteiger charge is -2.63. The molecule has 3 saturated carbocycles. The molecule has 0 amide bonds. The minimum atomic E-state index is 0.671. The number of hydrogen-bond acceptors (Lipinski definition) is 0. The quantitative estimate of drug-likeness (QED) is 0.573. The predicted octanol–water partition coefficient (Wildman–Crippen LogP) is 3.96. The lowest BCUT2D eigenvalue weighted by molar-refractivity contribution is -0.137. The largest absolute Gasteiger partial charge is 0.0625 e. The maximum absolute atomic E-state index is 2.49. The molecule has 0 N–H and O–H groups in total. The van der Waals surface area contributed by atoms with E-state index >= 15 is 0 Å². The Balaban J connectivity index is 2.12. The first kappa shape index (κ1) is 9.55. The molecular formula is C13H24. The molecule has 0 aromatic rings. The highest BCUT2D eigenvalue weighted by molar-refractivity contribution is 5.05. The molecule has 0 heterocycles. The van der Waals surface area contributed by atoms with Gasteiger partial charge in [-0.2, -0.15) is 0 Å². The second-order valence-corrected chi connectivity index (χ2v) is 6.36. The van der Waals surface area contributed by atoms with Crippen molar-refractivity contribution in [2.45, 2.75) is 47.5 Å². The van der Waals surface area contributed by atoms with Gasteiger partial charge >= 0.3 is 0 Å². The Bertz CT molecular complexity index is 200. The second kappa shape index (κ2) is 2.74. The zero-order valence-electron chi connectivity index (χ0n) is 9.80. The zero-order chi connectivity index (χ0) is 9.80. The van der Waals surface area contributed by atoms with Crippen molar-refractivity contribution in [3.63, 3.8) is 0 Å². The predicted molar refractivity (Wildman–Crippen MR) is 57.5 cm³/mol. The first-order valence-electron chi connectivity index (χ1n) is 5.94. The standard InChI is InChI=1S/C13H24/c1-8(2)11-6-10-7-12(9(11)3)13(10,4)5/h8-12H,6-7H2,1-5H3/t9-,10-,11-,12-/m0/s1. The monoisotopic (exact) mass is 180 g/mol. The van der Waals surface area contributed by atoms with Crippen molar-refractivity contribution in [2.24, 2.45) is 35.0 Å². The molecule has 3 aliphatic carbocycles. The van der Waals surface area contributed by atoms with E-state index in [2.05, 4.69) is 34.6 Å². The maximum Gasteiger partial charge on any atom is -0.0295 e. The third-order valence-electron chi connectivity index (χ3n) is 5.27. The van der Waals surface area contributed by atoms with Gasteiger partial charge in [0.25, 0.3) is 0 Å². The van der Waals surface area contributed by atoms with Gasteiger partial charge in [-0.05, 0) is 47.8 Å². The molecular weight excluding hydrogens is 156 g/mol. The van der Waals surface area contributed by atoms with Crippen LogP contribution in [0.4, 0.5) is 0 Å². The highest BCUT2D eigenvalue weighted by Gasteiger charge is 2.56. The topological polar surface area (TPSA) is 0 Å². The zero-order valence-corrected chi connectivity index (χ0v) is 9.80. The van der Waals surface area contributed by atoms with Crippen LogP contribution in [-0.2, 0) is 0 Å². The van der Waals surface area contributed by atoms with Crippen molar-refractivity contribution in [2.75, 3.05) is 0 Å². The number of rotatable bonds is 1. The molecule has 0 nitrogen and oxygen atoms in total. The van der Waals surface area contributed by atoms with Gasteiger partial charge in [0.1, 0.15) is 0 Å². The van der Waals surface area contributed by atoms with E-state index in [0.717, 1.165) is 29.6 Å². The van der Waals surface area contributed by atoms with Gasteiger partial charge in [0.05, 0.1) is 0 Å². The number of fused-ring (bicyclic) bond motifs is 2. The molecule has 0 heteroatoms. The molecule has 0 aliphatic heterocycles. The highest BCUT2D eigenvalue weighted by atomic mass is 14.6. The molecule has 3 rings (SSSR count). The van der Waals surface area contributed by atoms with E-state index in [1.807, 2.05) is 0 Å². The minimum absolute atomic E-state index is 0.671. The minimum Gasteiger partial charge on any atom is -0.0625 e. The van der Waals surface area contributed by atoms with Crippen LogP contribution in [0.25, 0.3) is 0 Å². The van der Waals surface area contributed by atoms with Gasteiger partial charge in [0.15, 0.2) is 0 Å². The Morgan fingerprint density at radius 1 is 1.15 bits per heavy atom. The lowest BCUT2D eigenvalue weighted by atomic mass is 9.42. The van der Waals surface area contributed by atoms with Crippen molar-refractivity contribution in [1.82, 2.24) is 0 Å².